The van der Waals surface area contributed by atoms with Crippen molar-refractivity contribution in [2.75, 3.05) is 7.05 Å². The molecular formula is C19H20FN3O2S. The van der Waals surface area contributed by atoms with Gasteiger partial charge in [0.25, 0.3) is 5.91 Å². The lowest BCUT2D eigenvalue weighted by Gasteiger charge is -2.15. The summed E-state index contributed by atoms with van der Waals surface area (Å²) in [7, 11) is 3.64. The van der Waals surface area contributed by atoms with Crippen LogP contribution in [0.25, 0.3) is 0 Å². The number of carbonyl (C=O) groups excluding carboxylic acids is 1. The van der Waals surface area contributed by atoms with Crippen molar-refractivity contribution < 1.29 is 13.9 Å². The van der Waals surface area contributed by atoms with E-state index < -0.39 is 5.82 Å². The van der Waals surface area contributed by atoms with Gasteiger partial charge in [0.15, 0.2) is 11.6 Å². The normalized spacial score (nSPS) is 10.8. The zero-order chi connectivity index (χ0) is 18.7. The van der Waals surface area contributed by atoms with E-state index in [1.165, 1.54) is 17.4 Å². The van der Waals surface area contributed by atoms with Gasteiger partial charge in [0.05, 0.1) is 11.1 Å². The molecular weight excluding hydrogens is 353 g/mol. The molecule has 136 valence electrons. The Morgan fingerprint density at radius 3 is 2.85 bits per heavy atom. The van der Waals surface area contributed by atoms with E-state index in [9.17, 15) is 9.18 Å². The van der Waals surface area contributed by atoms with E-state index in [-0.39, 0.29) is 18.3 Å². The molecule has 0 atom stereocenters. The molecule has 3 aromatic rings. The molecule has 0 unspecified atom stereocenters. The van der Waals surface area contributed by atoms with E-state index in [1.54, 1.807) is 47.1 Å². The summed E-state index contributed by atoms with van der Waals surface area (Å²) >= 11 is 1.36. The maximum Gasteiger partial charge on any atom is 0.263 e. The zero-order valence-corrected chi connectivity index (χ0v) is 15.7. The third-order valence-electron chi connectivity index (χ3n) is 4.19. The van der Waals surface area contributed by atoms with Gasteiger partial charge in [-0.1, -0.05) is 12.1 Å². The molecule has 0 bridgehead atoms. The molecule has 3 rings (SSSR count). The monoisotopic (exact) mass is 373 g/mol. The van der Waals surface area contributed by atoms with Crippen molar-refractivity contribution in [1.29, 1.82) is 0 Å². The number of amides is 1. The highest BCUT2D eigenvalue weighted by Crippen LogP contribution is 2.21. The van der Waals surface area contributed by atoms with Gasteiger partial charge in [-0.25, -0.2) is 4.39 Å². The molecule has 0 aliphatic rings. The van der Waals surface area contributed by atoms with E-state index in [4.69, 9.17) is 4.74 Å². The van der Waals surface area contributed by atoms with Crippen LogP contribution in [0.15, 0.2) is 41.9 Å². The maximum absolute atomic E-state index is 13.6. The Morgan fingerprint density at radius 1 is 1.38 bits per heavy atom. The molecule has 5 nitrogen and oxygen atoms in total. The van der Waals surface area contributed by atoms with Gasteiger partial charge in [0.2, 0.25) is 0 Å². The van der Waals surface area contributed by atoms with Crippen molar-refractivity contribution in [1.82, 2.24) is 14.7 Å². The number of carbonyl (C=O) groups is 1. The SMILES string of the molecule is Cc1c(CN(C)C(=O)c2cc(COc3ccccc3F)cs2)cnn1C. The summed E-state index contributed by atoms with van der Waals surface area (Å²) in [5, 5.41) is 6.06. The molecule has 26 heavy (non-hydrogen) atoms. The number of benzene rings is 1. The molecule has 7 heteroatoms. The fraction of sp³-hybridized carbons (Fsp3) is 0.263. The van der Waals surface area contributed by atoms with E-state index in [1.807, 2.05) is 19.4 Å². The van der Waals surface area contributed by atoms with Crippen LogP contribution in [0, 0.1) is 12.7 Å². The van der Waals surface area contributed by atoms with Gasteiger partial charge in [-0.3, -0.25) is 9.48 Å². The van der Waals surface area contributed by atoms with E-state index in [0.717, 1.165) is 16.8 Å². The number of thiophene rings is 1. The number of aryl methyl sites for hydroxylation is 1. The summed E-state index contributed by atoms with van der Waals surface area (Å²) in [5.74, 6) is -0.253. The van der Waals surface area contributed by atoms with Crippen molar-refractivity contribution in [3.05, 3.63) is 69.4 Å². The molecule has 2 aromatic heterocycles. The predicted octanol–water partition coefficient (Wildman–Crippen LogP) is 3.78. The van der Waals surface area contributed by atoms with Crippen LogP contribution in [0.5, 0.6) is 5.75 Å². The van der Waals surface area contributed by atoms with Crippen molar-refractivity contribution in [3.63, 3.8) is 0 Å². The average Bonchev–Trinajstić information content (AvgIpc) is 3.22. The number of hydrogen-bond donors (Lipinski definition) is 0. The highest BCUT2D eigenvalue weighted by molar-refractivity contribution is 7.12. The summed E-state index contributed by atoms with van der Waals surface area (Å²) in [6.45, 7) is 2.69. The molecule has 0 fully saturated rings. The molecule has 0 spiro atoms. The number of aromatic nitrogens is 2. The van der Waals surface area contributed by atoms with Gasteiger partial charge >= 0.3 is 0 Å². The fourth-order valence-corrected chi connectivity index (χ4v) is 3.39. The van der Waals surface area contributed by atoms with E-state index >= 15 is 0 Å². The fourth-order valence-electron chi connectivity index (χ4n) is 2.50. The van der Waals surface area contributed by atoms with Crippen molar-refractivity contribution in [3.8, 4) is 5.75 Å². The first kappa shape index (κ1) is 18.1. The van der Waals surface area contributed by atoms with E-state index in [2.05, 4.69) is 5.10 Å². The first-order valence-electron chi connectivity index (χ1n) is 8.13. The van der Waals surface area contributed by atoms with Gasteiger partial charge in [-0.2, -0.15) is 5.10 Å². The second-order valence-corrected chi connectivity index (χ2v) is 6.99. The van der Waals surface area contributed by atoms with E-state index in [0.29, 0.717) is 11.4 Å². The molecule has 2 heterocycles. The number of halogens is 1. The van der Waals surface area contributed by atoms with Gasteiger partial charge in [-0.15, -0.1) is 11.3 Å². The lowest BCUT2D eigenvalue weighted by molar-refractivity contribution is 0.0789. The third-order valence-corrected chi connectivity index (χ3v) is 5.15. The molecule has 0 aliphatic heterocycles. The summed E-state index contributed by atoms with van der Waals surface area (Å²) in [5.41, 5.74) is 2.89. The second kappa shape index (κ2) is 7.70. The molecule has 0 saturated heterocycles. The minimum Gasteiger partial charge on any atom is -0.486 e. The molecule has 0 saturated carbocycles. The van der Waals surface area contributed by atoms with Crippen LogP contribution < -0.4 is 4.74 Å². The number of hydrogen-bond acceptors (Lipinski definition) is 4. The Kier molecular flexibility index (Phi) is 5.37. The van der Waals surface area contributed by atoms with Crippen molar-refractivity contribution in [2.45, 2.75) is 20.1 Å². The lowest BCUT2D eigenvalue weighted by atomic mass is 10.2. The summed E-state index contributed by atoms with van der Waals surface area (Å²) in [4.78, 5) is 14.9. The number of para-hydroxylation sites is 1. The Labute approximate surface area is 155 Å². The van der Waals surface area contributed by atoms with Gasteiger partial charge in [0.1, 0.15) is 6.61 Å². The molecule has 1 aromatic carbocycles. The Balaban J connectivity index is 1.62. The minimum atomic E-state index is -0.398. The van der Waals surface area contributed by atoms with Crippen LogP contribution >= 0.6 is 11.3 Å². The number of rotatable bonds is 6. The second-order valence-electron chi connectivity index (χ2n) is 6.08. The first-order chi connectivity index (χ1) is 12.5. The standard InChI is InChI=1S/C19H20FN3O2S/c1-13-15(9-21-23(13)3)10-22(2)19(24)18-8-14(12-26-18)11-25-17-7-5-4-6-16(17)20/h4-9,12H,10-11H2,1-3H3. The predicted molar refractivity (Wildman–Crippen MR) is 98.8 cm³/mol. The van der Waals surface area contributed by atoms with Gasteiger partial charge < -0.3 is 9.64 Å². The van der Waals surface area contributed by atoms with Crippen LogP contribution in [0.2, 0.25) is 0 Å². The van der Waals surface area contributed by atoms with Crippen LogP contribution in [0.4, 0.5) is 4.39 Å². The van der Waals surface area contributed by atoms with Crippen LogP contribution in [-0.4, -0.2) is 27.6 Å². The topological polar surface area (TPSA) is 47.4 Å². The number of nitrogens with zero attached hydrogens (tertiary/aromatic N) is 3. The van der Waals surface area contributed by atoms with Crippen molar-refractivity contribution >= 4 is 17.2 Å². The molecule has 0 radical (unpaired) electrons. The minimum absolute atomic E-state index is 0.0598. The lowest BCUT2D eigenvalue weighted by Crippen LogP contribution is -2.25. The summed E-state index contributed by atoms with van der Waals surface area (Å²) in [6.07, 6.45) is 1.78. The summed E-state index contributed by atoms with van der Waals surface area (Å²) < 4.78 is 20.9. The molecule has 0 aliphatic carbocycles. The third kappa shape index (κ3) is 3.94. The van der Waals surface area contributed by atoms with Crippen LogP contribution in [0.1, 0.15) is 26.5 Å². The largest absolute Gasteiger partial charge is 0.486 e. The highest BCUT2D eigenvalue weighted by atomic mass is 32.1. The van der Waals surface area contributed by atoms with Crippen LogP contribution in [0.3, 0.4) is 0 Å². The maximum atomic E-state index is 13.6. The average molecular weight is 373 g/mol. The zero-order valence-electron chi connectivity index (χ0n) is 14.9. The van der Waals surface area contributed by atoms with Gasteiger partial charge in [0, 0.05) is 37.5 Å². The molecule has 1 amide bonds. The van der Waals surface area contributed by atoms with Gasteiger partial charge in [-0.05, 0) is 30.5 Å². The Morgan fingerprint density at radius 2 is 2.15 bits per heavy atom. The van der Waals surface area contributed by atoms with Crippen molar-refractivity contribution in [2.24, 2.45) is 7.05 Å². The quantitative estimate of drug-likeness (QED) is 0.661. The smallest absolute Gasteiger partial charge is 0.263 e. The highest BCUT2D eigenvalue weighted by Gasteiger charge is 2.16. The first-order valence-corrected chi connectivity index (χ1v) is 9.01. The molecule has 0 N–H and O–H groups in total. The Bertz CT molecular complexity index is 919. The van der Waals surface area contributed by atoms with Crippen LogP contribution in [-0.2, 0) is 20.2 Å². The number of ether oxygens (including phenoxy) is 1. The Hall–Kier alpha value is -2.67. The summed E-state index contributed by atoms with van der Waals surface area (Å²) in [6, 6.07) is 8.06.